The molecule has 0 amide bonds. The van der Waals surface area contributed by atoms with Gasteiger partial charge in [0.25, 0.3) is 0 Å². The zero-order valence-corrected chi connectivity index (χ0v) is 14.3. The van der Waals surface area contributed by atoms with Crippen LogP contribution in [0.1, 0.15) is 29.3 Å². The van der Waals surface area contributed by atoms with Gasteiger partial charge in [-0.2, -0.15) is 0 Å². The van der Waals surface area contributed by atoms with Gasteiger partial charge < -0.3 is 9.57 Å². The Morgan fingerprint density at radius 1 is 1.16 bits per heavy atom. The van der Waals surface area contributed by atoms with Crippen molar-refractivity contribution in [2.75, 3.05) is 6.61 Å². The summed E-state index contributed by atoms with van der Waals surface area (Å²) in [4.78, 5) is 30.9. The lowest BCUT2D eigenvalue weighted by Crippen LogP contribution is -2.48. The highest BCUT2D eigenvalue weighted by Gasteiger charge is 2.55. The van der Waals surface area contributed by atoms with Crippen LogP contribution in [-0.2, 0) is 14.4 Å². The van der Waals surface area contributed by atoms with E-state index >= 15 is 0 Å². The van der Waals surface area contributed by atoms with Gasteiger partial charge in [-0.1, -0.05) is 59.2 Å². The highest BCUT2D eigenvalue weighted by molar-refractivity contribution is 6.30. The van der Waals surface area contributed by atoms with Gasteiger partial charge in [-0.15, -0.1) is 0 Å². The summed E-state index contributed by atoms with van der Waals surface area (Å²) in [6, 6.07) is 15.5. The monoisotopic (exact) mass is 357 g/mol. The van der Waals surface area contributed by atoms with E-state index in [9.17, 15) is 9.59 Å². The van der Waals surface area contributed by atoms with Crippen molar-refractivity contribution in [1.29, 1.82) is 0 Å². The van der Waals surface area contributed by atoms with E-state index in [-0.39, 0.29) is 13.0 Å². The zero-order chi connectivity index (χ0) is 17.9. The Morgan fingerprint density at radius 2 is 1.84 bits per heavy atom. The van der Waals surface area contributed by atoms with Crippen LogP contribution in [0.15, 0.2) is 59.8 Å². The number of rotatable bonds is 5. The summed E-state index contributed by atoms with van der Waals surface area (Å²) in [7, 11) is 0. The molecule has 2 aromatic carbocycles. The number of halogens is 1. The number of ether oxygens (including phenoxy) is 1. The highest BCUT2D eigenvalue weighted by Crippen LogP contribution is 2.32. The number of esters is 1. The fourth-order valence-corrected chi connectivity index (χ4v) is 2.75. The van der Waals surface area contributed by atoms with E-state index in [4.69, 9.17) is 21.2 Å². The molecule has 0 spiro atoms. The molecule has 1 aliphatic heterocycles. The lowest BCUT2D eigenvalue weighted by molar-refractivity contribution is -0.162. The summed E-state index contributed by atoms with van der Waals surface area (Å²) < 4.78 is 5.10. The van der Waals surface area contributed by atoms with Crippen LogP contribution in [-0.4, -0.2) is 29.7 Å². The van der Waals surface area contributed by atoms with E-state index in [1.807, 2.05) is 0 Å². The average molecular weight is 358 g/mol. The molecule has 0 N–H and O–H groups in total. The van der Waals surface area contributed by atoms with E-state index in [1.54, 1.807) is 61.5 Å². The molecule has 3 rings (SSSR count). The Kier molecular flexibility index (Phi) is 4.86. The summed E-state index contributed by atoms with van der Waals surface area (Å²) in [5.41, 5.74) is -0.208. The molecule has 1 atom stereocenters. The molecule has 0 saturated carbocycles. The Labute approximate surface area is 150 Å². The first-order valence-corrected chi connectivity index (χ1v) is 8.22. The van der Waals surface area contributed by atoms with E-state index in [1.165, 1.54) is 0 Å². The highest BCUT2D eigenvalue weighted by atomic mass is 35.5. The zero-order valence-electron chi connectivity index (χ0n) is 13.6. The van der Waals surface area contributed by atoms with Gasteiger partial charge in [0.15, 0.2) is 0 Å². The van der Waals surface area contributed by atoms with Crippen LogP contribution >= 0.6 is 11.6 Å². The second-order valence-electron chi connectivity index (χ2n) is 5.56. The van der Waals surface area contributed by atoms with Gasteiger partial charge >= 0.3 is 11.6 Å². The van der Waals surface area contributed by atoms with Crippen LogP contribution in [0.2, 0.25) is 5.02 Å². The Hall–Kier alpha value is -2.66. The number of carbonyl (C=O) groups excluding carboxylic acids is 2. The maximum Gasteiger partial charge on any atom is 0.362 e. The molecular weight excluding hydrogens is 342 g/mol. The maximum atomic E-state index is 13.0. The predicted octanol–water partition coefficient (Wildman–Crippen LogP) is 3.65. The van der Waals surface area contributed by atoms with E-state index in [2.05, 4.69) is 5.16 Å². The third kappa shape index (κ3) is 3.28. The number of hydrogen-bond donors (Lipinski definition) is 0. The number of Topliss-reactive ketones (excluding diaryl/α,β-unsaturated/α-hetero) is 1. The van der Waals surface area contributed by atoms with Crippen molar-refractivity contribution in [3.63, 3.8) is 0 Å². The fourth-order valence-electron chi connectivity index (χ4n) is 2.62. The van der Waals surface area contributed by atoms with Gasteiger partial charge in [-0.3, -0.25) is 4.79 Å². The van der Waals surface area contributed by atoms with Crippen LogP contribution < -0.4 is 0 Å². The quantitative estimate of drug-likeness (QED) is 0.465. The number of carbonyl (C=O) groups is 2. The van der Waals surface area contributed by atoms with Crippen LogP contribution in [0.25, 0.3) is 0 Å². The number of oxime groups is 1. The summed E-state index contributed by atoms with van der Waals surface area (Å²) in [5.74, 6) is -1.21. The molecular formula is C19H16ClNO4. The molecule has 1 heterocycles. The molecule has 0 bridgehead atoms. The van der Waals surface area contributed by atoms with Crippen LogP contribution in [0.4, 0.5) is 0 Å². The Balaban J connectivity index is 1.94. The molecule has 5 nitrogen and oxygen atoms in total. The average Bonchev–Trinajstić information content (AvgIpc) is 3.09. The number of hydrogen-bond acceptors (Lipinski definition) is 5. The molecule has 0 aromatic heterocycles. The molecule has 2 aromatic rings. The summed E-state index contributed by atoms with van der Waals surface area (Å²) >= 11 is 5.90. The van der Waals surface area contributed by atoms with Gasteiger partial charge in [0.05, 0.1) is 18.7 Å². The van der Waals surface area contributed by atoms with Gasteiger partial charge in [0, 0.05) is 10.6 Å². The fraction of sp³-hybridized carbons (Fsp3) is 0.211. The Bertz CT molecular complexity index is 817. The van der Waals surface area contributed by atoms with Crippen molar-refractivity contribution in [3.05, 3.63) is 70.7 Å². The smallest absolute Gasteiger partial charge is 0.362 e. The summed E-state index contributed by atoms with van der Waals surface area (Å²) in [6.45, 7) is 1.82. The first-order valence-electron chi connectivity index (χ1n) is 7.85. The molecule has 1 aliphatic rings. The SMILES string of the molecule is CCOC(=O)C1(C(=O)c2ccccc2)CC(c2ccc(Cl)cc2)=NO1. The summed E-state index contributed by atoms with van der Waals surface area (Å²) in [6.07, 6.45) is 0.00118. The second-order valence-corrected chi connectivity index (χ2v) is 5.99. The van der Waals surface area contributed by atoms with Gasteiger partial charge in [-0.25, -0.2) is 4.79 Å². The van der Waals surface area contributed by atoms with Crippen molar-refractivity contribution in [1.82, 2.24) is 0 Å². The largest absolute Gasteiger partial charge is 0.463 e. The second kappa shape index (κ2) is 7.07. The molecule has 0 radical (unpaired) electrons. The van der Waals surface area contributed by atoms with Gasteiger partial charge in [-0.05, 0) is 24.6 Å². The Morgan fingerprint density at radius 3 is 2.48 bits per heavy atom. The predicted molar refractivity (Wildman–Crippen MR) is 93.8 cm³/mol. The third-order valence-electron chi connectivity index (χ3n) is 3.91. The van der Waals surface area contributed by atoms with E-state index in [0.29, 0.717) is 16.3 Å². The minimum absolute atomic E-state index is 0.00118. The van der Waals surface area contributed by atoms with Crippen molar-refractivity contribution < 1.29 is 19.2 Å². The number of ketones is 1. The van der Waals surface area contributed by atoms with Crippen molar-refractivity contribution in [2.24, 2.45) is 5.16 Å². The van der Waals surface area contributed by atoms with Crippen LogP contribution in [0, 0.1) is 0 Å². The first kappa shape index (κ1) is 17.2. The van der Waals surface area contributed by atoms with Crippen LogP contribution in [0.3, 0.4) is 0 Å². The molecule has 6 heteroatoms. The first-order chi connectivity index (χ1) is 12.1. The van der Waals surface area contributed by atoms with Crippen molar-refractivity contribution in [2.45, 2.75) is 18.9 Å². The summed E-state index contributed by atoms with van der Waals surface area (Å²) in [5, 5.41) is 4.57. The van der Waals surface area contributed by atoms with Gasteiger partial charge in [0.2, 0.25) is 5.78 Å². The maximum absolute atomic E-state index is 13.0. The molecule has 0 saturated heterocycles. The minimum Gasteiger partial charge on any atom is -0.463 e. The molecule has 128 valence electrons. The van der Waals surface area contributed by atoms with Gasteiger partial charge in [0.1, 0.15) is 0 Å². The van der Waals surface area contributed by atoms with E-state index in [0.717, 1.165) is 5.56 Å². The minimum atomic E-state index is -1.80. The van der Waals surface area contributed by atoms with Crippen molar-refractivity contribution >= 4 is 29.1 Å². The molecule has 0 aliphatic carbocycles. The normalized spacial score (nSPS) is 19.0. The lowest BCUT2D eigenvalue weighted by Gasteiger charge is -2.22. The van der Waals surface area contributed by atoms with Crippen molar-refractivity contribution in [3.8, 4) is 0 Å². The molecule has 0 fully saturated rings. The number of benzene rings is 2. The van der Waals surface area contributed by atoms with Crippen LogP contribution in [0.5, 0.6) is 0 Å². The molecule has 25 heavy (non-hydrogen) atoms. The standard InChI is InChI=1S/C19H16ClNO4/c1-2-24-18(23)19(17(22)14-6-4-3-5-7-14)12-16(21-25-19)13-8-10-15(20)11-9-13/h3-11H,2,12H2,1H3. The topological polar surface area (TPSA) is 65.0 Å². The van der Waals surface area contributed by atoms with E-state index < -0.39 is 17.4 Å². The molecule has 1 unspecified atom stereocenters. The number of nitrogens with zero attached hydrogens (tertiary/aromatic N) is 1. The lowest BCUT2D eigenvalue weighted by atomic mass is 9.87. The third-order valence-corrected chi connectivity index (χ3v) is 4.17.